The number of nitrogens with zero attached hydrogens (tertiary/aromatic N) is 2. The zero-order chi connectivity index (χ0) is 16.1. The first-order valence-corrected chi connectivity index (χ1v) is 9.73. The highest BCUT2D eigenvalue weighted by Crippen LogP contribution is 2.46. The molecule has 132 valence electrons. The van der Waals surface area contributed by atoms with Crippen LogP contribution in [0.2, 0.25) is 0 Å². The number of carbonyl (C=O) groups excluding carboxylic acids is 1. The number of piperidine rings is 2. The summed E-state index contributed by atoms with van der Waals surface area (Å²) in [5.74, 6) is 0.125. The summed E-state index contributed by atoms with van der Waals surface area (Å²) >= 11 is 0. The van der Waals surface area contributed by atoms with Crippen LogP contribution in [-0.2, 0) is 9.53 Å². The van der Waals surface area contributed by atoms with Gasteiger partial charge in [-0.15, -0.1) is 0 Å². The van der Waals surface area contributed by atoms with Gasteiger partial charge in [-0.05, 0) is 89.6 Å². The topological polar surface area (TPSA) is 32.8 Å². The molecule has 0 N–H and O–H groups in total. The number of rotatable bonds is 5. The van der Waals surface area contributed by atoms with E-state index in [9.17, 15) is 4.79 Å². The van der Waals surface area contributed by atoms with Gasteiger partial charge in [-0.2, -0.15) is 0 Å². The minimum absolute atomic E-state index is 0.0150. The first kappa shape index (κ1) is 17.2. The summed E-state index contributed by atoms with van der Waals surface area (Å²) in [7, 11) is 1.50. The molecule has 1 saturated carbocycles. The van der Waals surface area contributed by atoms with Gasteiger partial charge in [-0.25, -0.2) is 0 Å². The van der Waals surface area contributed by atoms with Gasteiger partial charge in [0, 0.05) is 0 Å². The predicted octanol–water partition coefficient (Wildman–Crippen LogP) is 2.92. The van der Waals surface area contributed by atoms with Crippen molar-refractivity contribution in [1.29, 1.82) is 0 Å². The Kier molecular flexibility index (Phi) is 5.97. The number of hydrogen-bond acceptors (Lipinski definition) is 4. The van der Waals surface area contributed by atoms with Gasteiger partial charge in [-0.3, -0.25) is 4.79 Å². The smallest absolute Gasteiger partial charge is 0.308 e. The maximum Gasteiger partial charge on any atom is 0.308 e. The molecule has 23 heavy (non-hydrogen) atoms. The van der Waals surface area contributed by atoms with Crippen LogP contribution in [0.1, 0.15) is 57.8 Å². The second-order valence-electron chi connectivity index (χ2n) is 8.04. The fourth-order valence-electron chi connectivity index (χ4n) is 4.95. The summed E-state index contributed by atoms with van der Waals surface area (Å²) in [6.45, 7) is 7.21. The third-order valence-corrected chi connectivity index (χ3v) is 6.65. The minimum atomic E-state index is -0.0150. The molecular weight excluding hydrogens is 288 g/mol. The van der Waals surface area contributed by atoms with Crippen LogP contribution < -0.4 is 0 Å². The molecular formula is C19H34N2O2. The molecule has 0 radical (unpaired) electrons. The molecule has 0 atom stereocenters. The summed E-state index contributed by atoms with van der Waals surface area (Å²) in [6, 6.07) is 0. The van der Waals surface area contributed by atoms with Crippen LogP contribution >= 0.6 is 0 Å². The van der Waals surface area contributed by atoms with Gasteiger partial charge in [0.1, 0.15) is 0 Å². The van der Waals surface area contributed by atoms with E-state index in [1.807, 2.05) is 0 Å². The fraction of sp³-hybridized carbons (Fsp3) is 0.947. The fourth-order valence-corrected chi connectivity index (χ4v) is 4.95. The van der Waals surface area contributed by atoms with E-state index in [2.05, 4.69) is 9.80 Å². The van der Waals surface area contributed by atoms with E-state index < -0.39 is 0 Å². The number of hydrogen-bond donors (Lipinski definition) is 0. The predicted molar refractivity (Wildman–Crippen MR) is 92.4 cm³/mol. The summed E-state index contributed by atoms with van der Waals surface area (Å²) in [4.78, 5) is 16.8. The number of ether oxygens (including phenoxy) is 1. The van der Waals surface area contributed by atoms with Crippen molar-refractivity contribution in [1.82, 2.24) is 9.80 Å². The Labute approximate surface area is 141 Å². The van der Waals surface area contributed by atoms with Crippen molar-refractivity contribution in [3.05, 3.63) is 0 Å². The van der Waals surface area contributed by atoms with Crippen molar-refractivity contribution in [3.63, 3.8) is 0 Å². The molecule has 0 amide bonds. The molecule has 4 heteroatoms. The molecule has 4 nitrogen and oxygen atoms in total. The van der Waals surface area contributed by atoms with E-state index in [1.165, 1.54) is 78.2 Å². The third kappa shape index (κ3) is 4.48. The molecule has 2 aliphatic heterocycles. The number of methoxy groups -OCH3 is 1. The Bertz CT molecular complexity index is 375. The molecule has 3 aliphatic rings. The molecule has 2 heterocycles. The van der Waals surface area contributed by atoms with Crippen LogP contribution in [0.25, 0.3) is 0 Å². The normalized spacial score (nSPS) is 26.7. The van der Waals surface area contributed by atoms with E-state index in [4.69, 9.17) is 4.74 Å². The van der Waals surface area contributed by atoms with Crippen molar-refractivity contribution >= 4 is 5.97 Å². The highest BCUT2D eigenvalue weighted by Gasteiger charge is 2.36. The molecule has 2 saturated heterocycles. The summed E-state index contributed by atoms with van der Waals surface area (Å²) in [5, 5.41) is 0. The monoisotopic (exact) mass is 322 g/mol. The highest BCUT2D eigenvalue weighted by atomic mass is 16.5. The largest absolute Gasteiger partial charge is 0.469 e. The zero-order valence-corrected chi connectivity index (χ0v) is 14.9. The van der Waals surface area contributed by atoms with Gasteiger partial charge in [0.25, 0.3) is 0 Å². The lowest BCUT2D eigenvalue weighted by Crippen LogP contribution is -2.41. The van der Waals surface area contributed by atoms with Crippen LogP contribution in [0.4, 0.5) is 0 Å². The Morgan fingerprint density at radius 2 is 1.52 bits per heavy atom. The Morgan fingerprint density at radius 1 is 0.957 bits per heavy atom. The lowest BCUT2D eigenvalue weighted by atomic mass is 9.77. The van der Waals surface area contributed by atoms with Crippen molar-refractivity contribution in [2.45, 2.75) is 57.8 Å². The molecule has 3 fully saturated rings. The first-order chi connectivity index (χ1) is 11.2. The van der Waals surface area contributed by atoms with E-state index in [0.717, 1.165) is 31.3 Å². The quantitative estimate of drug-likeness (QED) is 0.729. The van der Waals surface area contributed by atoms with Crippen molar-refractivity contribution in [2.24, 2.45) is 11.3 Å². The van der Waals surface area contributed by atoms with Gasteiger partial charge in [0.05, 0.1) is 13.0 Å². The Balaban J connectivity index is 1.28. The van der Waals surface area contributed by atoms with Gasteiger partial charge in [0.2, 0.25) is 0 Å². The molecule has 0 aromatic rings. The standard InChI is InChI=1S/C19H34N2O2/c1-23-18(22)17-5-13-20(14-6-17)11-4-12-21-15-9-19(10-16-21)7-2-3-8-19/h17H,2-16H2,1H3. The lowest BCUT2D eigenvalue weighted by molar-refractivity contribution is -0.147. The molecule has 0 bridgehead atoms. The van der Waals surface area contributed by atoms with Crippen LogP contribution in [0.15, 0.2) is 0 Å². The SMILES string of the molecule is COC(=O)C1CCN(CCCN2CCC3(CCCC3)CC2)CC1. The number of carbonyl (C=O) groups is 1. The summed E-state index contributed by atoms with van der Waals surface area (Å²) in [5.41, 5.74) is 0.742. The average Bonchev–Trinajstić information content (AvgIpc) is 3.05. The molecule has 1 aliphatic carbocycles. The Morgan fingerprint density at radius 3 is 2.09 bits per heavy atom. The molecule has 0 aromatic heterocycles. The van der Waals surface area contributed by atoms with Crippen molar-refractivity contribution in [3.8, 4) is 0 Å². The first-order valence-electron chi connectivity index (χ1n) is 9.73. The summed E-state index contributed by atoms with van der Waals surface area (Å²) < 4.78 is 4.86. The highest BCUT2D eigenvalue weighted by molar-refractivity contribution is 5.72. The van der Waals surface area contributed by atoms with E-state index in [0.29, 0.717) is 0 Å². The van der Waals surface area contributed by atoms with E-state index in [-0.39, 0.29) is 11.9 Å². The molecule has 0 unspecified atom stereocenters. The van der Waals surface area contributed by atoms with Gasteiger partial charge in [-0.1, -0.05) is 12.8 Å². The maximum atomic E-state index is 11.6. The van der Waals surface area contributed by atoms with Gasteiger partial charge in [0.15, 0.2) is 0 Å². The van der Waals surface area contributed by atoms with Crippen LogP contribution in [0.5, 0.6) is 0 Å². The second-order valence-corrected chi connectivity index (χ2v) is 8.04. The van der Waals surface area contributed by atoms with Crippen LogP contribution in [-0.4, -0.2) is 62.1 Å². The van der Waals surface area contributed by atoms with Crippen molar-refractivity contribution < 1.29 is 9.53 Å². The van der Waals surface area contributed by atoms with E-state index in [1.54, 1.807) is 0 Å². The number of likely N-dealkylation sites (tertiary alicyclic amines) is 2. The van der Waals surface area contributed by atoms with Gasteiger partial charge >= 0.3 is 5.97 Å². The van der Waals surface area contributed by atoms with Gasteiger partial charge < -0.3 is 14.5 Å². The molecule has 1 spiro atoms. The van der Waals surface area contributed by atoms with Crippen LogP contribution in [0.3, 0.4) is 0 Å². The maximum absolute atomic E-state index is 11.6. The zero-order valence-electron chi connectivity index (χ0n) is 14.9. The molecule has 0 aromatic carbocycles. The second kappa shape index (κ2) is 7.98. The Hall–Kier alpha value is -0.610. The average molecular weight is 322 g/mol. The van der Waals surface area contributed by atoms with E-state index >= 15 is 0 Å². The lowest BCUT2D eigenvalue weighted by Gasteiger charge is -2.39. The summed E-state index contributed by atoms with van der Waals surface area (Å²) in [6.07, 6.45) is 12.0. The number of esters is 1. The van der Waals surface area contributed by atoms with Crippen LogP contribution in [0, 0.1) is 11.3 Å². The third-order valence-electron chi connectivity index (χ3n) is 6.65. The minimum Gasteiger partial charge on any atom is -0.469 e. The molecule has 3 rings (SSSR count). The van der Waals surface area contributed by atoms with Crippen molar-refractivity contribution in [2.75, 3.05) is 46.4 Å².